The monoisotopic (exact) mass is 327 g/mol. The van der Waals surface area contributed by atoms with Gasteiger partial charge in [0.2, 0.25) is 0 Å². The van der Waals surface area contributed by atoms with Crippen LogP contribution in [0, 0.1) is 0 Å². The van der Waals surface area contributed by atoms with Gasteiger partial charge in [-0.25, -0.2) is 14.4 Å². The molecule has 0 saturated heterocycles. The highest BCUT2D eigenvalue weighted by Gasteiger charge is 2.24. The molecule has 0 aliphatic carbocycles. The van der Waals surface area contributed by atoms with Gasteiger partial charge in [-0.05, 0) is 26.0 Å². The van der Waals surface area contributed by atoms with Crippen molar-refractivity contribution in [3.63, 3.8) is 0 Å². The highest BCUT2D eigenvalue weighted by Crippen LogP contribution is 2.38. The lowest BCUT2D eigenvalue weighted by Gasteiger charge is -2.14. The van der Waals surface area contributed by atoms with Gasteiger partial charge in [0.15, 0.2) is 11.5 Å². The Bertz CT molecular complexity index is 599. The van der Waals surface area contributed by atoms with Crippen molar-refractivity contribution in [3.05, 3.63) is 17.7 Å². The Balaban J connectivity index is 3.20. The molecule has 0 bridgehead atoms. The van der Waals surface area contributed by atoms with E-state index in [4.69, 9.17) is 4.74 Å². The van der Waals surface area contributed by atoms with Gasteiger partial charge in [-0.1, -0.05) is 0 Å². The Morgan fingerprint density at radius 1 is 1.13 bits per heavy atom. The van der Waals surface area contributed by atoms with E-state index in [1.807, 2.05) is 0 Å². The van der Waals surface area contributed by atoms with E-state index in [1.54, 1.807) is 13.8 Å². The maximum Gasteiger partial charge on any atom is 0.513 e. The third-order valence-electron chi connectivity index (χ3n) is 2.50. The molecule has 2 N–H and O–H groups in total. The van der Waals surface area contributed by atoms with E-state index in [0.29, 0.717) is 0 Å². The van der Waals surface area contributed by atoms with Crippen LogP contribution in [0.5, 0.6) is 11.5 Å². The van der Waals surface area contributed by atoms with Crippen LogP contribution >= 0.6 is 0 Å². The zero-order valence-electron chi connectivity index (χ0n) is 12.9. The molecule has 0 aliphatic rings. The number of benzene rings is 1. The van der Waals surface area contributed by atoms with Crippen molar-refractivity contribution in [2.24, 2.45) is 0 Å². The molecule has 0 radical (unpaired) electrons. The molecule has 1 aromatic rings. The van der Waals surface area contributed by atoms with E-state index >= 15 is 0 Å². The highest BCUT2D eigenvalue weighted by molar-refractivity contribution is 5.97. The van der Waals surface area contributed by atoms with Gasteiger partial charge in [-0.15, -0.1) is 0 Å². The third-order valence-corrected chi connectivity index (χ3v) is 2.50. The van der Waals surface area contributed by atoms with E-state index in [2.05, 4.69) is 19.5 Å². The summed E-state index contributed by atoms with van der Waals surface area (Å²) in [5, 5.41) is 12.4. The van der Waals surface area contributed by atoms with Crippen molar-refractivity contribution < 1.29 is 38.4 Å². The quantitative estimate of drug-likeness (QED) is 0.366. The van der Waals surface area contributed by atoms with Crippen LogP contribution in [0.2, 0.25) is 0 Å². The molecule has 1 amide bonds. The number of methoxy groups -OCH3 is 1. The zero-order valence-corrected chi connectivity index (χ0v) is 12.9. The van der Waals surface area contributed by atoms with Crippen LogP contribution in [0.4, 0.5) is 15.3 Å². The smallest absolute Gasteiger partial charge is 0.503 e. The maximum absolute atomic E-state index is 11.7. The third kappa shape index (κ3) is 4.77. The van der Waals surface area contributed by atoms with Crippen LogP contribution in [0.1, 0.15) is 24.2 Å². The number of hydrogen-bond acceptors (Lipinski definition) is 8. The van der Waals surface area contributed by atoms with Crippen LogP contribution in [-0.2, 0) is 14.2 Å². The number of aromatic hydroxyl groups is 1. The number of carbonyl (C=O) groups excluding carboxylic acids is 3. The number of rotatable bonds is 5. The summed E-state index contributed by atoms with van der Waals surface area (Å²) in [6.45, 7) is 3.32. The zero-order chi connectivity index (χ0) is 17.4. The number of phenolic OH excluding ortho intramolecular Hbond substituents is 1. The van der Waals surface area contributed by atoms with E-state index in [9.17, 15) is 19.5 Å². The minimum Gasteiger partial charge on any atom is -0.503 e. The Morgan fingerprint density at radius 3 is 2.35 bits per heavy atom. The van der Waals surface area contributed by atoms with Gasteiger partial charge in [0.05, 0.1) is 26.0 Å². The first-order valence-corrected chi connectivity index (χ1v) is 6.67. The topological polar surface area (TPSA) is 120 Å². The predicted octanol–water partition coefficient (Wildman–Crippen LogP) is 2.28. The molecule has 23 heavy (non-hydrogen) atoms. The van der Waals surface area contributed by atoms with Crippen LogP contribution in [0.3, 0.4) is 0 Å². The Morgan fingerprint density at radius 2 is 1.78 bits per heavy atom. The summed E-state index contributed by atoms with van der Waals surface area (Å²) in [6.07, 6.45) is -1.95. The molecular formula is C14H17NO8. The minimum absolute atomic E-state index is 0.0356. The average molecular weight is 327 g/mol. The lowest BCUT2D eigenvalue weighted by molar-refractivity contribution is 0.0593. The van der Waals surface area contributed by atoms with Gasteiger partial charge in [0.25, 0.3) is 0 Å². The van der Waals surface area contributed by atoms with Crippen molar-refractivity contribution in [1.29, 1.82) is 0 Å². The lowest BCUT2D eigenvalue weighted by Crippen LogP contribution is -2.16. The summed E-state index contributed by atoms with van der Waals surface area (Å²) in [4.78, 5) is 34.5. The second kappa shape index (κ2) is 8.47. The Kier molecular flexibility index (Phi) is 6.66. The SMILES string of the molecule is CCOC(=O)Nc1ccc(C(=O)OC)c(OC(=O)OCC)c1O. The van der Waals surface area contributed by atoms with E-state index in [1.165, 1.54) is 12.1 Å². The fourth-order valence-corrected chi connectivity index (χ4v) is 1.55. The first-order valence-electron chi connectivity index (χ1n) is 6.67. The second-order valence-electron chi connectivity index (χ2n) is 3.96. The first-order chi connectivity index (χ1) is 10.9. The number of nitrogens with one attached hydrogen (secondary N) is 1. The summed E-state index contributed by atoms with van der Waals surface area (Å²) >= 11 is 0. The van der Waals surface area contributed by atoms with Crippen molar-refractivity contribution in [2.75, 3.05) is 25.6 Å². The molecule has 0 atom stereocenters. The van der Waals surface area contributed by atoms with Crippen LogP contribution < -0.4 is 10.1 Å². The van der Waals surface area contributed by atoms with E-state index in [0.717, 1.165) is 7.11 Å². The number of anilines is 1. The molecule has 9 heteroatoms. The largest absolute Gasteiger partial charge is 0.513 e. The maximum atomic E-state index is 11.7. The number of phenols is 1. The predicted molar refractivity (Wildman–Crippen MR) is 77.7 cm³/mol. The van der Waals surface area contributed by atoms with Crippen LogP contribution in [0.15, 0.2) is 12.1 Å². The molecule has 0 spiro atoms. The Labute approximate surface area is 132 Å². The Hall–Kier alpha value is -2.97. The van der Waals surface area contributed by atoms with Gasteiger partial charge in [-0.3, -0.25) is 5.32 Å². The van der Waals surface area contributed by atoms with Crippen LogP contribution in [-0.4, -0.2) is 43.6 Å². The molecule has 0 saturated carbocycles. The number of esters is 1. The van der Waals surface area contributed by atoms with Crippen LogP contribution in [0.25, 0.3) is 0 Å². The van der Waals surface area contributed by atoms with Crippen molar-refractivity contribution in [1.82, 2.24) is 0 Å². The van der Waals surface area contributed by atoms with Gasteiger partial charge in [0.1, 0.15) is 5.56 Å². The number of amides is 1. The van der Waals surface area contributed by atoms with Gasteiger partial charge in [0, 0.05) is 0 Å². The number of ether oxygens (including phenoxy) is 4. The average Bonchev–Trinajstić information content (AvgIpc) is 2.51. The van der Waals surface area contributed by atoms with Crippen molar-refractivity contribution in [3.8, 4) is 11.5 Å². The summed E-state index contributed by atoms with van der Waals surface area (Å²) < 4.78 is 18.6. The summed E-state index contributed by atoms with van der Waals surface area (Å²) in [5.41, 5.74) is -0.331. The van der Waals surface area contributed by atoms with Gasteiger partial charge in [-0.2, -0.15) is 0 Å². The second-order valence-corrected chi connectivity index (χ2v) is 3.96. The fourth-order valence-electron chi connectivity index (χ4n) is 1.55. The summed E-state index contributed by atoms with van der Waals surface area (Å²) in [6, 6.07) is 2.44. The molecule has 0 aliphatic heterocycles. The van der Waals surface area contributed by atoms with Crippen molar-refractivity contribution in [2.45, 2.75) is 13.8 Å². The van der Waals surface area contributed by atoms with E-state index < -0.39 is 29.7 Å². The number of hydrogen-bond donors (Lipinski definition) is 2. The molecular weight excluding hydrogens is 310 g/mol. The molecule has 126 valence electrons. The highest BCUT2D eigenvalue weighted by atomic mass is 16.7. The van der Waals surface area contributed by atoms with Gasteiger partial charge < -0.3 is 24.1 Å². The molecule has 0 heterocycles. The molecule has 0 unspecified atom stereocenters. The fraction of sp³-hybridized carbons (Fsp3) is 0.357. The van der Waals surface area contributed by atoms with E-state index in [-0.39, 0.29) is 24.5 Å². The molecule has 1 rings (SSSR count). The first kappa shape index (κ1) is 18.1. The molecule has 1 aromatic carbocycles. The normalized spacial score (nSPS) is 9.70. The van der Waals surface area contributed by atoms with Crippen molar-refractivity contribution >= 4 is 23.9 Å². The van der Waals surface area contributed by atoms with Gasteiger partial charge >= 0.3 is 18.2 Å². The minimum atomic E-state index is -1.12. The molecule has 0 aromatic heterocycles. The lowest BCUT2D eigenvalue weighted by atomic mass is 10.1. The molecule has 9 nitrogen and oxygen atoms in total. The standard InChI is InChI=1S/C14H17NO8/c1-4-21-13(18)15-9-7-6-8(12(17)20-3)11(10(9)16)23-14(19)22-5-2/h6-7,16H,4-5H2,1-3H3,(H,15,18). The molecule has 0 fully saturated rings. The summed E-state index contributed by atoms with van der Waals surface area (Å²) in [5.74, 6) is -1.99. The summed E-state index contributed by atoms with van der Waals surface area (Å²) in [7, 11) is 1.12. The number of carbonyl (C=O) groups is 3.